The summed E-state index contributed by atoms with van der Waals surface area (Å²) in [4.78, 5) is 31.1. The van der Waals surface area contributed by atoms with Crippen molar-refractivity contribution in [3.05, 3.63) is 95.5 Å². The second kappa shape index (κ2) is 11.7. The molecule has 1 fully saturated rings. The number of nitrogens with zero attached hydrogens (tertiary/aromatic N) is 2. The van der Waals surface area contributed by atoms with Crippen LogP contribution < -0.4 is 10.6 Å². The van der Waals surface area contributed by atoms with Gasteiger partial charge in [-0.2, -0.15) is 0 Å². The van der Waals surface area contributed by atoms with Gasteiger partial charge in [-0.25, -0.2) is 4.98 Å². The van der Waals surface area contributed by atoms with Crippen LogP contribution in [-0.2, 0) is 4.79 Å². The largest absolute Gasteiger partial charge is 0.450 e. The minimum Gasteiger partial charge on any atom is -0.450 e. The lowest BCUT2D eigenvalue weighted by molar-refractivity contribution is -0.114. The monoisotopic (exact) mass is 566 g/mol. The normalized spacial score (nSPS) is 14.4. The lowest BCUT2D eigenvalue weighted by atomic mass is 9.89. The molecule has 1 saturated heterocycles. The average Bonchev–Trinajstić information content (AvgIpc) is 3.42. The number of pyridine rings is 1. The topological polar surface area (TPSA) is 87.5 Å². The van der Waals surface area contributed by atoms with E-state index >= 15 is 0 Å². The molecular weight excluding hydrogens is 536 g/mol. The zero-order chi connectivity index (χ0) is 28.3. The molecule has 2 N–H and O–H groups in total. The highest BCUT2D eigenvalue weighted by molar-refractivity contribution is 6.29. The molecule has 0 spiro atoms. The number of likely N-dealkylation sites (tertiary alicyclic amines) is 1. The van der Waals surface area contributed by atoms with Crippen LogP contribution in [0.4, 0.5) is 5.69 Å². The number of amides is 2. The lowest BCUT2D eigenvalue weighted by Gasteiger charge is -2.32. The summed E-state index contributed by atoms with van der Waals surface area (Å²) in [7, 11) is 0. The van der Waals surface area contributed by atoms with Crippen LogP contribution in [0.15, 0.2) is 83.4 Å². The fraction of sp³-hybridized carbons (Fsp3) is 0.242. The Morgan fingerprint density at radius 2 is 1.80 bits per heavy atom. The van der Waals surface area contributed by atoms with Crippen molar-refractivity contribution in [3.63, 3.8) is 0 Å². The first-order valence-electron chi connectivity index (χ1n) is 13.9. The molecule has 0 bridgehead atoms. The summed E-state index contributed by atoms with van der Waals surface area (Å²) in [6.07, 6.45) is 3.84. The van der Waals surface area contributed by atoms with Gasteiger partial charge in [-0.1, -0.05) is 48.0 Å². The van der Waals surface area contributed by atoms with E-state index in [0.717, 1.165) is 65.4 Å². The number of benzene rings is 3. The van der Waals surface area contributed by atoms with Crippen molar-refractivity contribution in [2.75, 3.05) is 31.5 Å². The van der Waals surface area contributed by atoms with Crippen molar-refractivity contribution in [2.45, 2.75) is 25.7 Å². The van der Waals surface area contributed by atoms with E-state index in [-0.39, 0.29) is 11.8 Å². The second-order valence-electron chi connectivity index (χ2n) is 10.5. The minimum atomic E-state index is -0.218. The highest BCUT2D eigenvalue weighted by Crippen LogP contribution is 2.36. The Morgan fingerprint density at radius 3 is 2.56 bits per heavy atom. The van der Waals surface area contributed by atoms with Crippen molar-refractivity contribution in [2.24, 2.45) is 0 Å². The van der Waals surface area contributed by atoms with Crippen molar-refractivity contribution >= 4 is 50.8 Å². The van der Waals surface area contributed by atoms with Crippen molar-refractivity contribution < 1.29 is 14.0 Å². The predicted octanol–water partition coefficient (Wildman–Crippen LogP) is 6.87. The van der Waals surface area contributed by atoms with Gasteiger partial charge in [-0.05, 0) is 84.8 Å². The zero-order valence-corrected chi connectivity index (χ0v) is 23.6. The first kappa shape index (κ1) is 27.0. The lowest BCUT2D eigenvalue weighted by Crippen LogP contribution is -2.39. The number of fused-ring (bicyclic) bond motifs is 3. The first-order chi connectivity index (χ1) is 19.9. The molecule has 8 heteroatoms. The van der Waals surface area contributed by atoms with Gasteiger partial charge in [0.15, 0.2) is 5.76 Å². The molecule has 0 saturated carbocycles. The smallest absolute Gasteiger partial charge is 0.287 e. The number of furan rings is 1. The number of carbonyl (C=O) groups excluding carboxylic acids is 2. The van der Waals surface area contributed by atoms with Crippen molar-refractivity contribution in [1.29, 1.82) is 0 Å². The fourth-order valence-corrected chi connectivity index (χ4v) is 5.85. The van der Waals surface area contributed by atoms with E-state index in [9.17, 15) is 9.59 Å². The molecule has 3 heterocycles. The van der Waals surface area contributed by atoms with Crippen LogP contribution in [0.3, 0.4) is 0 Å². The van der Waals surface area contributed by atoms with Crippen LogP contribution in [0.25, 0.3) is 32.9 Å². The number of aromatic nitrogens is 1. The number of hydrogen-bond acceptors (Lipinski definition) is 5. The van der Waals surface area contributed by atoms with Gasteiger partial charge in [-0.15, -0.1) is 0 Å². The van der Waals surface area contributed by atoms with E-state index in [1.165, 1.54) is 12.5 Å². The molecule has 5 aromatic rings. The predicted molar refractivity (Wildman–Crippen MR) is 163 cm³/mol. The van der Waals surface area contributed by atoms with Gasteiger partial charge in [0.25, 0.3) is 5.91 Å². The second-order valence-corrected chi connectivity index (χ2v) is 10.9. The van der Waals surface area contributed by atoms with Crippen LogP contribution in [0.1, 0.15) is 41.8 Å². The summed E-state index contributed by atoms with van der Waals surface area (Å²) >= 11 is 6.01. The number of rotatable bonds is 7. The van der Waals surface area contributed by atoms with Gasteiger partial charge in [0, 0.05) is 48.2 Å². The summed E-state index contributed by atoms with van der Waals surface area (Å²) in [5.41, 5.74) is 4.76. The molecule has 0 aliphatic carbocycles. The Morgan fingerprint density at radius 1 is 1.00 bits per heavy atom. The maximum Gasteiger partial charge on any atom is 0.287 e. The minimum absolute atomic E-state index is 0.0600. The van der Waals surface area contributed by atoms with Crippen LogP contribution in [0.2, 0.25) is 5.15 Å². The molecule has 0 unspecified atom stereocenters. The first-order valence-corrected chi connectivity index (χ1v) is 14.3. The summed E-state index contributed by atoms with van der Waals surface area (Å²) in [5.74, 6) is 0.489. The Balaban J connectivity index is 1.09. The molecule has 7 nitrogen and oxygen atoms in total. The standard InChI is InChI=1S/C33H31ClN4O3/c1-21(39)37-26-6-4-5-23(17-26)22-11-14-38(15-12-22)16-13-35-33(40)30-19-25-18-29(24-9-10-31(34)36-20-24)27-7-2-3-8-28(27)32(25)41-30/h2-10,17-20,22H,11-16H2,1H3,(H,35,40)(H,37,39). The third-order valence-corrected chi connectivity index (χ3v) is 7.99. The average molecular weight is 567 g/mol. The number of carbonyl (C=O) groups is 2. The number of anilines is 1. The third-order valence-electron chi connectivity index (χ3n) is 7.76. The fourth-order valence-electron chi connectivity index (χ4n) is 5.74. The van der Waals surface area contributed by atoms with Crippen LogP contribution in [0.5, 0.6) is 0 Å². The van der Waals surface area contributed by atoms with E-state index in [4.69, 9.17) is 16.0 Å². The molecule has 3 aromatic carbocycles. The summed E-state index contributed by atoms with van der Waals surface area (Å²) in [6.45, 7) is 4.77. The highest BCUT2D eigenvalue weighted by atomic mass is 35.5. The molecule has 2 aromatic heterocycles. The molecule has 208 valence electrons. The summed E-state index contributed by atoms with van der Waals surface area (Å²) in [5, 5.41) is 9.18. The Labute approximate surface area is 243 Å². The molecule has 0 radical (unpaired) electrons. The van der Waals surface area contributed by atoms with Crippen LogP contribution in [-0.4, -0.2) is 47.9 Å². The van der Waals surface area contributed by atoms with Gasteiger partial charge in [0.2, 0.25) is 5.91 Å². The molecule has 1 aliphatic heterocycles. The third kappa shape index (κ3) is 5.97. The number of nitrogens with one attached hydrogen (secondary N) is 2. The quantitative estimate of drug-likeness (QED) is 0.210. The van der Waals surface area contributed by atoms with Crippen LogP contribution in [0, 0.1) is 0 Å². The summed E-state index contributed by atoms with van der Waals surface area (Å²) < 4.78 is 6.10. The number of halogens is 1. The van der Waals surface area contributed by atoms with Crippen LogP contribution >= 0.6 is 11.6 Å². The van der Waals surface area contributed by atoms with Gasteiger partial charge < -0.3 is 20.0 Å². The number of hydrogen-bond donors (Lipinski definition) is 2. The molecule has 41 heavy (non-hydrogen) atoms. The van der Waals surface area contributed by atoms with Gasteiger partial charge in [0.1, 0.15) is 10.7 Å². The van der Waals surface area contributed by atoms with Gasteiger partial charge >= 0.3 is 0 Å². The molecule has 2 amide bonds. The SMILES string of the molecule is CC(=O)Nc1cccc(C2CCN(CCNC(=O)c3cc4cc(-c5ccc(Cl)nc5)c5ccccc5c4o3)CC2)c1. The van der Waals surface area contributed by atoms with E-state index in [1.54, 1.807) is 12.3 Å². The zero-order valence-electron chi connectivity index (χ0n) is 22.8. The van der Waals surface area contributed by atoms with Gasteiger partial charge in [0.05, 0.1) is 0 Å². The Bertz CT molecular complexity index is 1720. The molecular formula is C33H31ClN4O3. The van der Waals surface area contributed by atoms with E-state index in [1.807, 2.05) is 54.6 Å². The maximum atomic E-state index is 13.1. The van der Waals surface area contributed by atoms with E-state index < -0.39 is 0 Å². The Kier molecular flexibility index (Phi) is 7.72. The van der Waals surface area contributed by atoms with Gasteiger partial charge in [-0.3, -0.25) is 9.59 Å². The highest BCUT2D eigenvalue weighted by Gasteiger charge is 2.22. The van der Waals surface area contributed by atoms with Crippen molar-refractivity contribution in [1.82, 2.24) is 15.2 Å². The molecule has 6 rings (SSSR count). The van der Waals surface area contributed by atoms with E-state index in [0.29, 0.717) is 29.0 Å². The Hall–Kier alpha value is -4.20. The molecule has 0 atom stereocenters. The molecule has 1 aliphatic rings. The number of piperidine rings is 1. The van der Waals surface area contributed by atoms with Crippen molar-refractivity contribution in [3.8, 4) is 11.1 Å². The summed E-state index contributed by atoms with van der Waals surface area (Å²) in [6, 6.07) is 23.7. The maximum absolute atomic E-state index is 13.1. The van der Waals surface area contributed by atoms with E-state index in [2.05, 4.69) is 32.7 Å².